The molecule has 0 bridgehead atoms. The van der Waals surface area contributed by atoms with E-state index in [-0.39, 0.29) is 18.3 Å². The van der Waals surface area contributed by atoms with Crippen molar-refractivity contribution in [1.82, 2.24) is 10.2 Å². The summed E-state index contributed by atoms with van der Waals surface area (Å²) < 4.78 is 13.7. The van der Waals surface area contributed by atoms with Gasteiger partial charge in [-0.05, 0) is 44.0 Å². The second-order valence-corrected chi connectivity index (χ2v) is 5.75. The molecule has 20 heavy (non-hydrogen) atoms. The van der Waals surface area contributed by atoms with Crippen LogP contribution < -0.4 is 5.32 Å². The molecule has 0 unspecified atom stereocenters. The minimum atomic E-state index is -0.362. The van der Waals surface area contributed by atoms with E-state index >= 15 is 0 Å². The van der Waals surface area contributed by atoms with Gasteiger partial charge in [-0.25, -0.2) is 4.39 Å². The van der Waals surface area contributed by atoms with Gasteiger partial charge in [-0.1, -0.05) is 17.7 Å². The molecule has 2 rings (SSSR count). The lowest BCUT2D eigenvalue weighted by molar-refractivity contribution is -0.131. The molecule has 1 aromatic carbocycles. The molecule has 1 saturated heterocycles. The number of carbonyl (C=O) groups is 1. The Balaban J connectivity index is 1.93. The highest BCUT2D eigenvalue weighted by molar-refractivity contribution is 6.31. The van der Waals surface area contributed by atoms with Crippen LogP contribution in [0.3, 0.4) is 0 Å². The third-order valence-electron chi connectivity index (χ3n) is 3.80. The third-order valence-corrected chi connectivity index (χ3v) is 4.16. The van der Waals surface area contributed by atoms with Gasteiger partial charge in [0.05, 0.1) is 0 Å². The fourth-order valence-electron chi connectivity index (χ4n) is 2.50. The Morgan fingerprint density at radius 2 is 2.15 bits per heavy atom. The van der Waals surface area contributed by atoms with Crippen LogP contribution in [0.25, 0.3) is 0 Å². The Labute approximate surface area is 124 Å². The van der Waals surface area contributed by atoms with E-state index in [2.05, 4.69) is 5.32 Å². The second kappa shape index (κ2) is 7.04. The van der Waals surface area contributed by atoms with Gasteiger partial charge in [0.1, 0.15) is 5.82 Å². The number of halogens is 2. The quantitative estimate of drug-likeness (QED) is 0.927. The Morgan fingerprint density at radius 3 is 2.80 bits per heavy atom. The predicted molar refractivity (Wildman–Crippen MR) is 78.1 cm³/mol. The molecule has 0 aromatic heterocycles. The maximum atomic E-state index is 13.7. The van der Waals surface area contributed by atoms with Gasteiger partial charge in [0.2, 0.25) is 5.91 Å². The zero-order chi connectivity index (χ0) is 14.5. The van der Waals surface area contributed by atoms with Crippen LogP contribution in [0.4, 0.5) is 4.39 Å². The third kappa shape index (κ3) is 3.93. The zero-order valence-corrected chi connectivity index (χ0v) is 12.4. The first-order chi connectivity index (χ1) is 9.58. The fraction of sp³-hybridized carbons (Fsp3) is 0.533. The first-order valence-corrected chi connectivity index (χ1v) is 7.33. The van der Waals surface area contributed by atoms with Crippen LogP contribution in [-0.4, -0.2) is 30.9 Å². The number of hydrogen-bond acceptors (Lipinski definition) is 2. The molecule has 1 amide bonds. The zero-order valence-electron chi connectivity index (χ0n) is 11.7. The van der Waals surface area contributed by atoms with E-state index in [1.54, 1.807) is 24.1 Å². The molecule has 110 valence electrons. The first kappa shape index (κ1) is 15.3. The number of piperidine rings is 1. The van der Waals surface area contributed by atoms with Crippen molar-refractivity contribution >= 4 is 17.5 Å². The standard InChI is InChI=1S/C15H20ClFN2O/c1-19(10-12-13(16)3-2-4-14(12)17)15(20)9-11-5-7-18-8-6-11/h2-4,11,18H,5-10H2,1H3. The van der Waals surface area contributed by atoms with Crippen LogP contribution in [0, 0.1) is 11.7 Å². The molecule has 0 saturated carbocycles. The van der Waals surface area contributed by atoms with Crippen molar-refractivity contribution in [3.05, 3.63) is 34.6 Å². The van der Waals surface area contributed by atoms with Gasteiger partial charge in [-0.3, -0.25) is 4.79 Å². The normalized spacial score (nSPS) is 16.1. The monoisotopic (exact) mass is 298 g/mol. The molecule has 1 N–H and O–H groups in total. The number of benzene rings is 1. The minimum absolute atomic E-state index is 0.0521. The summed E-state index contributed by atoms with van der Waals surface area (Å²) in [6.45, 7) is 2.16. The van der Waals surface area contributed by atoms with Crippen LogP contribution in [-0.2, 0) is 11.3 Å². The molecule has 0 aliphatic carbocycles. The highest BCUT2D eigenvalue weighted by atomic mass is 35.5. The summed E-state index contributed by atoms with van der Waals surface area (Å²) in [5, 5.41) is 3.65. The summed E-state index contributed by atoms with van der Waals surface area (Å²) in [6, 6.07) is 4.58. The summed E-state index contributed by atoms with van der Waals surface area (Å²) >= 11 is 5.98. The van der Waals surface area contributed by atoms with Crippen LogP contribution in [0.1, 0.15) is 24.8 Å². The SMILES string of the molecule is CN(Cc1c(F)cccc1Cl)C(=O)CC1CCNCC1. The van der Waals surface area contributed by atoms with Gasteiger partial charge >= 0.3 is 0 Å². The molecular weight excluding hydrogens is 279 g/mol. The second-order valence-electron chi connectivity index (χ2n) is 5.35. The summed E-state index contributed by atoms with van der Waals surface area (Å²) in [5.74, 6) is 0.123. The van der Waals surface area contributed by atoms with Crippen molar-refractivity contribution < 1.29 is 9.18 Å². The number of nitrogens with zero attached hydrogens (tertiary/aromatic N) is 1. The summed E-state index contributed by atoms with van der Waals surface area (Å²) in [5.41, 5.74) is 0.385. The van der Waals surface area contributed by atoms with Crippen molar-refractivity contribution in [1.29, 1.82) is 0 Å². The Morgan fingerprint density at radius 1 is 1.45 bits per heavy atom. The number of hydrogen-bond donors (Lipinski definition) is 1. The molecule has 5 heteroatoms. The number of amides is 1. The summed E-state index contributed by atoms with van der Waals surface area (Å²) in [4.78, 5) is 13.7. The smallest absolute Gasteiger partial charge is 0.222 e. The average Bonchev–Trinajstić information content (AvgIpc) is 2.44. The van der Waals surface area contributed by atoms with E-state index in [1.165, 1.54) is 6.07 Å². The Hall–Kier alpha value is -1.13. The average molecular weight is 299 g/mol. The first-order valence-electron chi connectivity index (χ1n) is 6.95. The van der Waals surface area contributed by atoms with Crippen molar-refractivity contribution in [2.24, 2.45) is 5.92 Å². The van der Waals surface area contributed by atoms with Crippen LogP contribution in [0.15, 0.2) is 18.2 Å². The largest absolute Gasteiger partial charge is 0.341 e. The van der Waals surface area contributed by atoms with Gasteiger partial charge in [0, 0.05) is 30.6 Å². The molecule has 1 heterocycles. The van der Waals surface area contributed by atoms with Crippen molar-refractivity contribution in [2.45, 2.75) is 25.8 Å². The molecule has 1 aliphatic rings. The van der Waals surface area contributed by atoms with Crippen LogP contribution >= 0.6 is 11.6 Å². The molecule has 1 fully saturated rings. The highest BCUT2D eigenvalue weighted by Crippen LogP contribution is 2.22. The number of nitrogens with one attached hydrogen (secondary N) is 1. The maximum Gasteiger partial charge on any atom is 0.222 e. The highest BCUT2D eigenvalue weighted by Gasteiger charge is 2.20. The molecular formula is C15H20ClFN2O. The van der Waals surface area contributed by atoms with Gasteiger partial charge in [0.15, 0.2) is 0 Å². The van der Waals surface area contributed by atoms with E-state index in [4.69, 9.17) is 11.6 Å². The molecule has 0 spiro atoms. The molecule has 0 radical (unpaired) electrons. The molecule has 1 aromatic rings. The number of rotatable bonds is 4. The fourth-order valence-corrected chi connectivity index (χ4v) is 2.72. The van der Waals surface area contributed by atoms with E-state index in [9.17, 15) is 9.18 Å². The summed E-state index contributed by atoms with van der Waals surface area (Å²) in [7, 11) is 1.70. The van der Waals surface area contributed by atoms with E-state index < -0.39 is 0 Å². The van der Waals surface area contributed by atoms with Crippen LogP contribution in [0.5, 0.6) is 0 Å². The van der Waals surface area contributed by atoms with Gasteiger partial charge in [-0.2, -0.15) is 0 Å². The van der Waals surface area contributed by atoms with Crippen molar-refractivity contribution in [3.8, 4) is 0 Å². The summed E-state index contributed by atoms with van der Waals surface area (Å²) in [6.07, 6.45) is 2.59. The van der Waals surface area contributed by atoms with Gasteiger partial charge in [-0.15, -0.1) is 0 Å². The van der Waals surface area contributed by atoms with Crippen LogP contribution in [0.2, 0.25) is 5.02 Å². The van der Waals surface area contributed by atoms with Gasteiger partial charge < -0.3 is 10.2 Å². The lowest BCUT2D eigenvalue weighted by Crippen LogP contribution is -2.33. The minimum Gasteiger partial charge on any atom is -0.341 e. The number of carbonyl (C=O) groups excluding carboxylic acids is 1. The van der Waals surface area contributed by atoms with E-state index in [1.807, 2.05) is 0 Å². The predicted octanol–water partition coefficient (Wildman–Crippen LogP) is 2.83. The lowest BCUT2D eigenvalue weighted by Gasteiger charge is -2.25. The Kier molecular flexibility index (Phi) is 5.38. The van der Waals surface area contributed by atoms with Crippen molar-refractivity contribution in [3.63, 3.8) is 0 Å². The topological polar surface area (TPSA) is 32.3 Å². The van der Waals surface area contributed by atoms with E-state index in [0.29, 0.717) is 22.9 Å². The molecule has 0 atom stereocenters. The Bertz CT molecular complexity index is 455. The lowest BCUT2D eigenvalue weighted by atomic mass is 9.94. The molecule has 1 aliphatic heterocycles. The maximum absolute atomic E-state index is 13.7. The van der Waals surface area contributed by atoms with Crippen molar-refractivity contribution in [2.75, 3.05) is 20.1 Å². The van der Waals surface area contributed by atoms with E-state index in [0.717, 1.165) is 25.9 Å². The van der Waals surface area contributed by atoms with Gasteiger partial charge in [0.25, 0.3) is 0 Å². The molecule has 3 nitrogen and oxygen atoms in total.